The van der Waals surface area contributed by atoms with Crippen LogP contribution in [0.15, 0.2) is 30.3 Å². The van der Waals surface area contributed by atoms with Crippen molar-refractivity contribution >= 4 is 5.91 Å². The second-order valence-corrected chi connectivity index (χ2v) is 8.52. The number of fused-ring (bicyclic) bond motifs is 1. The number of carbonyl (C=O) groups is 1. The Balaban J connectivity index is 1.43. The minimum absolute atomic E-state index is 0.0467. The summed E-state index contributed by atoms with van der Waals surface area (Å²) in [7, 11) is 0. The molecule has 1 aromatic rings. The maximum atomic E-state index is 12.7. The number of hydrogen-bond acceptors (Lipinski definition) is 6. The highest BCUT2D eigenvalue weighted by molar-refractivity contribution is 5.76. The monoisotopic (exact) mass is 391 g/mol. The number of amides is 1. The van der Waals surface area contributed by atoms with Crippen molar-refractivity contribution in [1.82, 2.24) is 5.32 Å². The van der Waals surface area contributed by atoms with E-state index in [1.54, 1.807) is 0 Å². The van der Waals surface area contributed by atoms with Gasteiger partial charge in [0.2, 0.25) is 5.91 Å². The topological polar surface area (TPSA) is 75.3 Å². The summed E-state index contributed by atoms with van der Waals surface area (Å²) < 4.78 is 29.7. The molecule has 0 radical (unpaired) electrons. The van der Waals surface area contributed by atoms with Crippen LogP contribution in [0.4, 0.5) is 0 Å². The molecule has 154 valence electrons. The van der Waals surface area contributed by atoms with Gasteiger partial charge in [0, 0.05) is 6.42 Å². The fraction of sp³-hybridized carbons (Fsp3) is 0.667. The number of ether oxygens (including phenoxy) is 5. The average molecular weight is 391 g/mol. The molecule has 0 aliphatic carbocycles. The quantitative estimate of drug-likeness (QED) is 0.829. The third kappa shape index (κ3) is 4.23. The molecular formula is C21H29NO6. The number of hydrogen-bond donors (Lipinski definition) is 1. The first-order valence-corrected chi connectivity index (χ1v) is 9.89. The van der Waals surface area contributed by atoms with Crippen LogP contribution in [0.3, 0.4) is 0 Å². The van der Waals surface area contributed by atoms with Gasteiger partial charge in [-0.05, 0) is 39.7 Å². The lowest BCUT2D eigenvalue weighted by Crippen LogP contribution is -2.52. The van der Waals surface area contributed by atoms with E-state index in [-0.39, 0.29) is 24.2 Å². The van der Waals surface area contributed by atoms with Crippen molar-refractivity contribution in [2.24, 2.45) is 0 Å². The molecule has 5 atom stereocenters. The van der Waals surface area contributed by atoms with E-state index in [0.717, 1.165) is 5.56 Å². The van der Waals surface area contributed by atoms with E-state index >= 15 is 0 Å². The fourth-order valence-electron chi connectivity index (χ4n) is 4.05. The van der Waals surface area contributed by atoms with Gasteiger partial charge in [0.15, 0.2) is 17.9 Å². The van der Waals surface area contributed by atoms with E-state index in [2.05, 4.69) is 5.32 Å². The third-order valence-corrected chi connectivity index (χ3v) is 5.30. The van der Waals surface area contributed by atoms with E-state index < -0.39 is 24.0 Å². The minimum atomic E-state index is -0.750. The molecule has 3 heterocycles. The molecule has 7 nitrogen and oxygen atoms in total. The van der Waals surface area contributed by atoms with Gasteiger partial charge >= 0.3 is 0 Å². The number of benzene rings is 1. The number of aryl methyl sites for hydroxylation is 1. The normalized spacial score (nSPS) is 35.6. The Morgan fingerprint density at radius 2 is 1.79 bits per heavy atom. The first-order valence-electron chi connectivity index (χ1n) is 9.89. The molecule has 3 aliphatic heterocycles. The summed E-state index contributed by atoms with van der Waals surface area (Å²) in [5, 5.41) is 3.11. The molecule has 0 unspecified atom stereocenters. The Hall–Kier alpha value is -1.51. The van der Waals surface area contributed by atoms with Gasteiger partial charge in [0.05, 0.1) is 12.6 Å². The zero-order chi connectivity index (χ0) is 19.9. The van der Waals surface area contributed by atoms with Crippen LogP contribution in [0.25, 0.3) is 0 Å². The van der Waals surface area contributed by atoms with Gasteiger partial charge in [0.25, 0.3) is 0 Å². The molecule has 28 heavy (non-hydrogen) atoms. The Labute approximate surface area is 165 Å². The molecule has 7 heteroatoms. The van der Waals surface area contributed by atoms with Gasteiger partial charge in [-0.25, -0.2) is 0 Å². The lowest BCUT2D eigenvalue weighted by molar-refractivity contribution is -0.223. The van der Waals surface area contributed by atoms with Crippen molar-refractivity contribution in [3.63, 3.8) is 0 Å². The van der Waals surface area contributed by atoms with Crippen molar-refractivity contribution in [2.45, 2.75) is 82.8 Å². The fourth-order valence-corrected chi connectivity index (χ4v) is 4.05. The standard InChI is InChI=1S/C21H29NO6/c1-20(2)24-12-14(26-20)17-16(18-19(25-17)28-21(3,4)27-18)22-15(23)11-10-13-8-6-5-7-9-13/h5-9,14,16-19H,10-12H2,1-4H3,(H,22,23)/t14-,16+,17-,18-,19-/m1/s1. The highest BCUT2D eigenvalue weighted by Crippen LogP contribution is 2.40. The van der Waals surface area contributed by atoms with Gasteiger partial charge in [-0.15, -0.1) is 0 Å². The zero-order valence-electron chi connectivity index (χ0n) is 16.8. The minimum Gasteiger partial charge on any atom is -0.348 e. The molecule has 0 aromatic heterocycles. The van der Waals surface area contributed by atoms with E-state index in [1.165, 1.54) is 0 Å². The molecule has 1 N–H and O–H groups in total. The molecule has 4 rings (SSSR count). The summed E-state index contributed by atoms with van der Waals surface area (Å²) in [5.41, 5.74) is 1.13. The van der Waals surface area contributed by atoms with Crippen molar-refractivity contribution in [3.8, 4) is 0 Å². The summed E-state index contributed by atoms with van der Waals surface area (Å²) in [4.78, 5) is 12.7. The van der Waals surface area contributed by atoms with Gasteiger partial charge in [-0.3, -0.25) is 4.79 Å². The predicted octanol–water partition coefficient (Wildman–Crippen LogP) is 2.13. The van der Waals surface area contributed by atoms with Crippen LogP contribution in [-0.2, 0) is 34.9 Å². The molecule has 3 aliphatic rings. The number of nitrogens with one attached hydrogen (secondary N) is 1. The summed E-state index contributed by atoms with van der Waals surface area (Å²) in [6, 6.07) is 9.60. The predicted molar refractivity (Wildman–Crippen MR) is 100 cm³/mol. The lowest BCUT2D eigenvalue weighted by Gasteiger charge is -2.29. The third-order valence-electron chi connectivity index (χ3n) is 5.30. The van der Waals surface area contributed by atoms with Crippen LogP contribution in [-0.4, -0.2) is 54.7 Å². The van der Waals surface area contributed by atoms with Gasteiger partial charge in [-0.2, -0.15) is 0 Å². The largest absolute Gasteiger partial charge is 0.348 e. The average Bonchev–Trinajstić information content (AvgIpc) is 3.24. The molecular weight excluding hydrogens is 362 g/mol. The maximum Gasteiger partial charge on any atom is 0.220 e. The van der Waals surface area contributed by atoms with Crippen molar-refractivity contribution in [2.75, 3.05) is 6.61 Å². The highest BCUT2D eigenvalue weighted by Gasteiger charge is 2.58. The smallest absolute Gasteiger partial charge is 0.220 e. The Morgan fingerprint density at radius 1 is 1.04 bits per heavy atom. The Kier molecular flexibility index (Phi) is 5.22. The Bertz CT molecular complexity index is 706. The second-order valence-electron chi connectivity index (χ2n) is 8.52. The van der Waals surface area contributed by atoms with E-state index in [0.29, 0.717) is 19.4 Å². The summed E-state index contributed by atoms with van der Waals surface area (Å²) in [6.45, 7) is 7.82. The second kappa shape index (κ2) is 7.39. The van der Waals surface area contributed by atoms with Crippen LogP contribution in [0.1, 0.15) is 39.7 Å². The lowest BCUT2D eigenvalue weighted by atomic mass is 10.0. The van der Waals surface area contributed by atoms with Gasteiger partial charge in [-0.1, -0.05) is 30.3 Å². The number of carbonyl (C=O) groups excluding carboxylic acids is 1. The van der Waals surface area contributed by atoms with Crippen LogP contribution < -0.4 is 5.32 Å². The summed E-state index contributed by atoms with van der Waals surface area (Å²) >= 11 is 0. The molecule has 3 fully saturated rings. The summed E-state index contributed by atoms with van der Waals surface area (Å²) in [6.07, 6.45) is -0.538. The molecule has 0 bridgehead atoms. The van der Waals surface area contributed by atoms with E-state index in [4.69, 9.17) is 23.7 Å². The number of rotatable bonds is 5. The van der Waals surface area contributed by atoms with E-state index in [1.807, 2.05) is 58.0 Å². The molecule has 1 aromatic carbocycles. The Morgan fingerprint density at radius 3 is 2.46 bits per heavy atom. The van der Waals surface area contributed by atoms with Gasteiger partial charge < -0.3 is 29.0 Å². The molecule has 0 saturated carbocycles. The van der Waals surface area contributed by atoms with Crippen molar-refractivity contribution in [3.05, 3.63) is 35.9 Å². The van der Waals surface area contributed by atoms with E-state index in [9.17, 15) is 4.79 Å². The molecule has 1 amide bonds. The van der Waals surface area contributed by atoms with Crippen molar-refractivity contribution in [1.29, 1.82) is 0 Å². The maximum absolute atomic E-state index is 12.7. The van der Waals surface area contributed by atoms with Crippen LogP contribution in [0.2, 0.25) is 0 Å². The molecule has 0 spiro atoms. The molecule has 3 saturated heterocycles. The van der Waals surface area contributed by atoms with Gasteiger partial charge in [0.1, 0.15) is 18.3 Å². The zero-order valence-corrected chi connectivity index (χ0v) is 16.8. The van der Waals surface area contributed by atoms with Crippen LogP contribution in [0, 0.1) is 0 Å². The highest BCUT2D eigenvalue weighted by atomic mass is 16.8. The van der Waals surface area contributed by atoms with Crippen LogP contribution in [0.5, 0.6) is 0 Å². The van der Waals surface area contributed by atoms with Crippen LogP contribution >= 0.6 is 0 Å². The first-order chi connectivity index (χ1) is 13.2. The van der Waals surface area contributed by atoms with Crippen molar-refractivity contribution < 1.29 is 28.5 Å². The first kappa shape index (κ1) is 19.8. The summed E-state index contributed by atoms with van der Waals surface area (Å²) in [5.74, 6) is -1.47. The SMILES string of the molecule is CC1(C)O[C@H]2O[C@H]([C@H]3COC(C)(C)O3)[C@H](NC(=O)CCc3ccccc3)[C@H]2O1.